The van der Waals surface area contributed by atoms with E-state index in [1.54, 1.807) is 0 Å². The Kier molecular flexibility index (Phi) is 4.37. The molecule has 3 N–H and O–H groups in total. The number of fused-ring (bicyclic) bond motifs is 3. The van der Waals surface area contributed by atoms with Crippen LogP contribution in [0.5, 0.6) is 0 Å². The number of aliphatic hydroxyl groups excluding tert-OH is 1. The summed E-state index contributed by atoms with van der Waals surface area (Å²) in [5.74, 6) is 0. The number of nitrogens with zero attached hydrogens (tertiary/aromatic N) is 4. The summed E-state index contributed by atoms with van der Waals surface area (Å²) in [6.45, 7) is 3.98. The molecule has 164 valence electrons. The molecule has 1 aliphatic carbocycles. The summed E-state index contributed by atoms with van der Waals surface area (Å²) < 4.78 is 1.83. The average Bonchev–Trinajstić information content (AvgIpc) is 3.18. The number of aliphatic hydroxyl groups is 1. The first-order valence-electron chi connectivity index (χ1n) is 11.2. The second-order valence-electron chi connectivity index (χ2n) is 9.17. The highest BCUT2D eigenvalue weighted by atomic mass is 16.3. The quantitative estimate of drug-likeness (QED) is 0.434. The lowest BCUT2D eigenvalue weighted by Crippen LogP contribution is -2.51. The smallest absolute Gasteiger partial charge is 0.165 e. The number of hydrogen-bond donors (Lipinski definition) is 2. The van der Waals surface area contributed by atoms with Gasteiger partial charge in [-0.05, 0) is 43.9 Å². The predicted octanol–water partition coefficient (Wildman–Crippen LogP) is 4.54. The molecule has 6 heteroatoms. The van der Waals surface area contributed by atoms with Gasteiger partial charge in [-0.1, -0.05) is 54.6 Å². The number of benzene rings is 2. The molecule has 0 atom stereocenters. The van der Waals surface area contributed by atoms with Gasteiger partial charge in [-0.15, -0.1) is 0 Å². The molecular formula is C27H25N5O. The molecule has 2 aromatic carbocycles. The zero-order valence-electron chi connectivity index (χ0n) is 18.7. The largest absolute Gasteiger partial charge is 0.393 e. The molecule has 33 heavy (non-hydrogen) atoms. The van der Waals surface area contributed by atoms with Gasteiger partial charge in [0.25, 0.3) is 0 Å². The van der Waals surface area contributed by atoms with Gasteiger partial charge in [-0.3, -0.25) is 0 Å². The highest BCUT2D eigenvalue weighted by Gasteiger charge is 2.41. The fourth-order valence-corrected chi connectivity index (χ4v) is 4.92. The molecule has 5 aromatic rings. The maximum absolute atomic E-state index is 9.75. The number of aryl methyl sites for hydroxylation is 2. The van der Waals surface area contributed by atoms with E-state index in [1.165, 1.54) is 0 Å². The van der Waals surface area contributed by atoms with Crippen molar-refractivity contribution < 1.29 is 5.11 Å². The second kappa shape index (κ2) is 7.20. The Morgan fingerprint density at radius 2 is 1.67 bits per heavy atom. The van der Waals surface area contributed by atoms with E-state index in [2.05, 4.69) is 47.6 Å². The van der Waals surface area contributed by atoms with Crippen molar-refractivity contribution >= 4 is 16.7 Å². The third-order valence-corrected chi connectivity index (χ3v) is 6.71. The van der Waals surface area contributed by atoms with Gasteiger partial charge < -0.3 is 10.8 Å². The first-order valence-corrected chi connectivity index (χ1v) is 11.2. The van der Waals surface area contributed by atoms with Crippen molar-refractivity contribution in [3.8, 4) is 22.4 Å². The summed E-state index contributed by atoms with van der Waals surface area (Å²) >= 11 is 0. The summed E-state index contributed by atoms with van der Waals surface area (Å²) in [5.41, 5.74) is 14.6. The Hall–Kier alpha value is -3.61. The molecule has 0 amide bonds. The van der Waals surface area contributed by atoms with Crippen LogP contribution < -0.4 is 5.73 Å². The Balaban J connectivity index is 1.58. The Bertz CT molecular complexity index is 1500. The van der Waals surface area contributed by atoms with Gasteiger partial charge in [0.2, 0.25) is 0 Å². The highest BCUT2D eigenvalue weighted by Crippen LogP contribution is 2.40. The van der Waals surface area contributed by atoms with Crippen LogP contribution in [0.15, 0.2) is 66.7 Å². The van der Waals surface area contributed by atoms with Crippen molar-refractivity contribution in [1.82, 2.24) is 19.6 Å². The fraction of sp³-hybridized carbons (Fsp3) is 0.222. The standard InChI is InChI=1S/C27H25N5O/c1-16-12-24-29-17(2)22-13-23(18-6-4-3-5-7-18)25(30-26(22)32(24)31-16)19-8-10-20(11-9-19)27(28)14-21(33)15-27/h3-13,21,33H,14-15,28H2,1-2H3. The molecule has 0 saturated heterocycles. The van der Waals surface area contributed by atoms with Crippen LogP contribution in [0.2, 0.25) is 0 Å². The topological polar surface area (TPSA) is 89.3 Å². The predicted molar refractivity (Wildman–Crippen MR) is 130 cm³/mol. The van der Waals surface area contributed by atoms with Crippen molar-refractivity contribution in [2.75, 3.05) is 0 Å². The third-order valence-electron chi connectivity index (χ3n) is 6.71. The molecule has 6 rings (SSSR count). The van der Waals surface area contributed by atoms with Crippen LogP contribution >= 0.6 is 0 Å². The van der Waals surface area contributed by atoms with E-state index >= 15 is 0 Å². The van der Waals surface area contributed by atoms with E-state index in [1.807, 2.05) is 42.6 Å². The van der Waals surface area contributed by atoms with E-state index in [-0.39, 0.29) is 6.10 Å². The SMILES string of the molecule is Cc1cc2nc(C)c3cc(-c4ccccc4)c(-c4ccc(C5(N)CC(O)C5)cc4)nc3n2n1. The van der Waals surface area contributed by atoms with Gasteiger partial charge in [-0.25, -0.2) is 9.97 Å². The third kappa shape index (κ3) is 3.22. The van der Waals surface area contributed by atoms with E-state index in [0.29, 0.717) is 12.8 Å². The van der Waals surface area contributed by atoms with Gasteiger partial charge >= 0.3 is 0 Å². The van der Waals surface area contributed by atoms with Crippen LogP contribution in [-0.2, 0) is 5.54 Å². The molecule has 1 fully saturated rings. The number of pyridine rings is 1. The number of rotatable bonds is 3. The van der Waals surface area contributed by atoms with Gasteiger partial charge in [0.1, 0.15) is 0 Å². The molecule has 0 radical (unpaired) electrons. The average molecular weight is 436 g/mol. The zero-order valence-corrected chi connectivity index (χ0v) is 18.7. The molecule has 0 bridgehead atoms. The first kappa shape index (κ1) is 20.0. The van der Waals surface area contributed by atoms with Gasteiger partial charge in [0, 0.05) is 28.1 Å². The molecular weight excluding hydrogens is 410 g/mol. The minimum Gasteiger partial charge on any atom is -0.393 e. The summed E-state index contributed by atoms with van der Waals surface area (Å²) in [6.07, 6.45) is 0.885. The minimum atomic E-state index is -0.446. The monoisotopic (exact) mass is 435 g/mol. The number of aromatic nitrogens is 4. The van der Waals surface area contributed by atoms with Gasteiger partial charge in [0.15, 0.2) is 11.3 Å². The van der Waals surface area contributed by atoms with E-state index < -0.39 is 5.54 Å². The lowest BCUT2D eigenvalue weighted by molar-refractivity contribution is 0.0209. The minimum absolute atomic E-state index is 0.307. The Morgan fingerprint density at radius 3 is 2.36 bits per heavy atom. The lowest BCUT2D eigenvalue weighted by atomic mass is 9.70. The van der Waals surface area contributed by atoms with Crippen LogP contribution in [0.3, 0.4) is 0 Å². The van der Waals surface area contributed by atoms with Crippen molar-refractivity contribution in [2.24, 2.45) is 5.73 Å². The maximum atomic E-state index is 9.75. The Labute approximate surface area is 191 Å². The lowest BCUT2D eigenvalue weighted by Gasteiger charge is -2.42. The van der Waals surface area contributed by atoms with Crippen molar-refractivity contribution in [2.45, 2.75) is 38.3 Å². The molecule has 0 spiro atoms. The zero-order chi connectivity index (χ0) is 22.7. The van der Waals surface area contributed by atoms with Crippen LogP contribution in [0.1, 0.15) is 29.8 Å². The molecule has 0 unspecified atom stereocenters. The molecule has 6 nitrogen and oxygen atoms in total. The van der Waals surface area contributed by atoms with E-state index in [4.69, 9.17) is 15.7 Å². The molecule has 1 saturated carbocycles. The molecule has 3 aromatic heterocycles. The van der Waals surface area contributed by atoms with Crippen molar-refractivity contribution in [1.29, 1.82) is 0 Å². The van der Waals surface area contributed by atoms with Crippen molar-refractivity contribution in [3.05, 3.63) is 83.7 Å². The summed E-state index contributed by atoms with van der Waals surface area (Å²) in [6, 6.07) is 22.7. The van der Waals surface area contributed by atoms with Crippen LogP contribution in [-0.4, -0.2) is 30.8 Å². The first-order chi connectivity index (χ1) is 15.9. The normalized spacial score (nSPS) is 20.3. The van der Waals surface area contributed by atoms with E-state index in [0.717, 1.165) is 56.0 Å². The van der Waals surface area contributed by atoms with Crippen LogP contribution in [0, 0.1) is 13.8 Å². The Morgan fingerprint density at radius 1 is 0.939 bits per heavy atom. The summed E-state index contributed by atoms with van der Waals surface area (Å²) in [7, 11) is 0. The number of nitrogens with two attached hydrogens (primary N) is 1. The van der Waals surface area contributed by atoms with Crippen molar-refractivity contribution in [3.63, 3.8) is 0 Å². The second-order valence-corrected chi connectivity index (χ2v) is 9.17. The van der Waals surface area contributed by atoms with E-state index in [9.17, 15) is 5.11 Å². The summed E-state index contributed by atoms with van der Waals surface area (Å²) in [4.78, 5) is 9.90. The maximum Gasteiger partial charge on any atom is 0.165 e. The highest BCUT2D eigenvalue weighted by molar-refractivity contribution is 5.92. The van der Waals surface area contributed by atoms with Gasteiger partial charge in [-0.2, -0.15) is 9.61 Å². The molecule has 3 heterocycles. The summed E-state index contributed by atoms with van der Waals surface area (Å²) in [5, 5.41) is 15.4. The van der Waals surface area contributed by atoms with Crippen LogP contribution in [0.25, 0.3) is 39.1 Å². The molecule has 1 aliphatic rings. The number of hydrogen-bond acceptors (Lipinski definition) is 5. The molecule has 0 aliphatic heterocycles. The fourth-order valence-electron chi connectivity index (χ4n) is 4.92. The van der Waals surface area contributed by atoms with Crippen LogP contribution in [0.4, 0.5) is 0 Å². The van der Waals surface area contributed by atoms with Gasteiger partial charge in [0.05, 0.1) is 23.2 Å².